The SMILES string of the molecule is CN[C@H](C(=O)N[C@H](C(=O)N(C)[C@H](/C=C(\C)C(=O)N[C@H](CCC(=O)NCCN1C(=O)C=CC1=O)C(=O)N[C@H](CCC(=O)O)C(=O)O)C(C)C)C(C)(C)C)C(C)(C)c1ccccc1. The molecular formula is C43H63N7O11. The van der Waals surface area contributed by atoms with Crippen molar-refractivity contribution in [1.82, 2.24) is 36.4 Å². The first kappa shape index (κ1) is 51.2. The second kappa shape index (κ2) is 22.6. The quantitative estimate of drug-likeness (QED) is 0.0607. The number of likely N-dealkylation sites (N-methyl/N-ethyl adjacent to an activating group) is 2. The van der Waals surface area contributed by atoms with E-state index in [4.69, 9.17) is 5.11 Å². The van der Waals surface area contributed by atoms with Crippen LogP contribution in [0.3, 0.4) is 0 Å². The van der Waals surface area contributed by atoms with Crippen LogP contribution in [0.25, 0.3) is 0 Å². The van der Waals surface area contributed by atoms with Crippen molar-refractivity contribution in [3.05, 3.63) is 59.7 Å². The molecule has 0 bridgehead atoms. The van der Waals surface area contributed by atoms with Gasteiger partial charge in [0.05, 0.1) is 12.1 Å². The summed E-state index contributed by atoms with van der Waals surface area (Å²) < 4.78 is 0. The van der Waals surface area contributed by atoms with Crippen LogP contribution in [0.5, 0.6) is 0 Å². The summed E-state index contributed by atoms with van der Waals surface area (Å²) in [5.41, 5.74) is -0.416. The van der Waals surface area contributed by atoms with Gasteiger partial charge in [0.2, 0.25) is 29.5 Å². The fraction of sp³-hybridized carbons (Fsp3) is 0.558. The Morgan fingerprint density at radius 1 is 0.803 bits per heavy atom. The first-order chi connectivity index (χ1) is 28.3. The predicted octanol–water partition coefficient (Wildman–Crippen LogP) is 1.25. The Morgan fingerprint density at radius 3 is 1.89 bits per heavy atom. The van der Waals surface area contributed by atoms with E-state index < -0.39 is 101 Å². The Balaban J connectivity index is 2.33. The molecule has 61 heavy (non-hydrogen) atoms. The highest BCUT2D eigenvalue weighted by Gasteiger charge is 2.42. The Hall–Kier alpha value is -5.91. The zero-order valence-electron chi connectivity index (χ0n) is 36.8. The first-order valence-electron chi connectivity index (χ1n) is 20.2. The Bertz CT molecular complexity index is 1840. The standard InChI is InChI=1S/C43H63N7O11/c1-25(2)30(49(10)40(59)36(42(4,5)6)48-39(58)35(44-9)43(7,8)27-14-12-11-13-15-27)24-26(3)37(56)46-28(38(57)47-29(41(60)61)17-21-34(54)55)16-18-31(51)45-22-23-50-32(52)19-20-33(50)53/h11-15,19-20,24-25,28-30,35-36,44H,16-18,21-23H2,1-10H3,(H,45,51)(H,46,56)(H,47,57)(H,48,58)(H,54,55)(H,60,61)/b26-24+/t28-,29-,30-,35-,36-/m1/s1. The molecule has 336 valence electrons. The highest BCUT2D eigenvalue weighted by atomic mass is 16.4. The highest BCUT2D eigenvalue weighted by Crippen LogP contribution is 2.29. The van der Waals surface area contributed by atoms with E-state index >= 15 is 0 Å². The number of nitrogens with one attached hydrogen (secondary N) is 5. The number of carbonyl (C=O) groups excluding carboxylic acids is 7. The summed E-state index contributed by atoms with van der Waals surface area (Å²) in [4.78, 5) is 117. The van der Waals surface area contributed by atoms with E-state index in [1.54, 1.807) is 20.2 Å². The monoisotopic (exact) mass is 853 g/mol. The zero-order valence-corrected chi connectivity index (χ0v) is 36.8. The Morgan fingerprint density at radius 2 is 1.38 bits per heavy atom. The fourth-order valence-electron chi connectivity index (χ4n) is 6.82. The van der Waals surface area contributed by atoms with Crippen LogP contribution >= 0.6 is 0 Å². The minimum atomic E-state index is -1.62. The third-order valence-corrected chi connectivity index (χ3v) is 10.5. The van der Waals surface area contributed by atoms with Crippen LogP contribution < -0.4 is 26.6 Å². The van der Waals surface area contributed by atoms with E-state index in [-0.39, 0.29) is 43.3 Å². The van der Waals surface area contributed by atoms with Gasteiger partial charge in [0.25, 0.3) is 11.8 Å². The molecule has 1 aliphatic rings. The molecular weight excluding hydrogens is 791 g/mol. The van der Waals surface area contributed by atoms with Gasteiger partial charge >= 0.3 is 11.9 Å². The third-order valence-electron chi connectivity index (χ3n) is 10.5. The van der Waals surface area contributed by atoms with E-state index in [0.717, 1.165) is 22.6 Å². The van der Waals surface area contributed by atoms with Crippen LogP contribution in [-0.2, 0) is 48.6 Å². The number of nitrogens with zero attached hydrogens (tertiary/aromatic N) is 2. The van der Waals surface area contributed by atoms with Gasteiger partial charge in [-0.25, -0.2) is 4.79 Å². The summed E-state index contributed by atoms with van der Waals surface area (Å²) in [5, 5.41) is 32.1. The number of benzene rings is 1. The van der Waals surface area contributed by atoms with Crippen molar-refractivity contribution in [2.75, 3.05) is 27.2 Å². The lowest BCUT2D eigenvalue weighted by Gasteiger charge is -2.40. The molecule has 18 heteroatoms. The van der Waals surface area contributed by atoms with Gasteiger partial charge in [-0.15, -0.1) is 0 Å². The number of rotatable bonds is 23. The maximum Gasteiger partial charge on any atom is 0.326 e. The number of carbonyl (C=O) groups is 9. The molecule has 1 aliphatic heterocycles. The van der Waals surface area contributed by atoms with Crippen LogP contribution in [0.4, 0.5) is 0 Å². The van der Waals surface area contributed by atoms with E-state index in [9.17, 15) is 48.3 Å². The minimum absolute atomic E-state index is 0.0750. The molecule has 1 heterocycles. The molecule has 1 aromatic carbocycles. The Kier molecular flexibility index (Phi) is 19.0. The number of imide groups is 1. The number of amides is 7. The lowest BCUT2D eigenvalue weighted by atomic mass is 9.76. The van der Waals surface area contributed by atoms with Crippen LogP contribution in [0, 0.1) is 11.3 Å². The van der Waals surface area contributed by atoms with Crippen molar-refractivity contribution in [3.8, 4) is 0 Å². The van der Waals surface area contributed by atoms with E-state index in [2.05, 4.69) is 26.6 Å². The third kappa shape index (κ3) is 14.9. The largest absolute Gasteiger partial charge is 0.481 e. The molecule has 5 atom stereocenters. The van der Waals surface area contributed by atoms with Crippen LogP contribution in [-0.4, -0.2) is 131 Å². The maximum absolute atomic E-state index is 14.4. The van der Waals surface area contributed by atoms with Crippen LogP contribution in [0.2, 0.25) is 0 Å². The molecule has 0 aliphatic carbocycles. The summed E-state index contributed by atoms with van der Waals surface area (Å²) in [6, 6.07) is 4.03. The molecule has 0 fully saturated rings. The normalized spacial score (nSPS) is 15.7. The maximum atomic E-state index is 14.4. The van der Waals surface area contributed by atoms with Crippen molar-refractivity contribution in [3.63, 3.8) is 0 Å². The van der Waals surface area contributed by atoms with Gasteiger partial charge in [0.1, 0.15) is 18.1 Å². The second-order valence-corrected chi connectivity index (χ2v) is 17.1. The summed E-state index contributed by atoms with van der Waals surface area (Å²) in [6.07, 6.45) is 2.05. The van der Waals surface area contributed by atoms with Gasteiger partial charge < -0.3 is 41.7 Å². The average Bonchev–Trinajstić information content (AvgIpc) is 3.50. The van der Waals surface area contributed by atoms with Crippen molar-refractivity contribution in [1.29, 1.82) is 0 Å². The van der Waals surface area contributed by atoms with Crippen LogP contribution in [0.15, 0.2) is 54.1 Å². The summed E-state index contributed by atoms with van der Waals surface area (Å²) in [6.45, 7) is 14.3. The zero-order chi connectivity index (χ0) is 46.4. The molecule has 0 aromatic heterocycles. The lowest BCUT2D eigenvalue weighted by Crippen LogP contribution is -2.61. The molecule has 1 aromatic rings. The smallest absolute Gasteiger partial charge is 0.326 e. The summed E-state index contributed by atoms with van der Waals surface area (Å²) >= 11 is 0. The van der Waals surface area contributed by atoms with Crippen molar-refractivity contribution in [2.45, 2.75) is 117 Å². The average molecular weight is 854 g/mol. The number of hydrogen-bond acceptors (Lipinski definition) is 10. The second-order valence-electron chi connectivity index (χ2n) is 17.1. The van der Waals surface area contributed by atoms with Gasteiger partial charge in [0.15, 0.2) is 0 Å². The molecule has 7 amide bonds. The van der Waals surface area contributed by atoms with Gasteiger partial charge in [-0.05, 0) is 43.7 Å². The predicted molar refractivity (Wildman–Crippen MR) is 225 cm³/mol. The van der Waals surface area contributed by atoms with Gasteiger partial charge in [0, 0.05) is 56.1 Å². The molecule has 0 saturated carbocycles. The molecule has 0 unspecified atom stereocenters. The van der Waals surface area contributed by atoms with Crippen LogP contribution in [0.1, 0.15) is 86.6 Å². The van der Waals surface area contributed by atoms with Crippen molar-refractivity contribution in [2.24, 2.45) is 11.3 Å². The summed E-state index contributed by atoms with van der Waals surface area (Å²) in [5.74, 6) is -7.28. The molecule has 2 rings (SSSR count). The van der Waals surface area contributed by atoms with Crippen molar-refractivity contribution < 1.29 is 53.4 Å². The number of carboxylic acids is 2. The lowest BCUT2D eigenvalue weighted by molar-refractivity contribution is -0.143. The number of carboxylic acid groups (broad SMARTS) is 2. The molecule has 18 nitrogen and oxygen atoms in total. The van der Waals surface area contributed by atoms with Gasteiger partial charge in [-0.2, -0.15) is 0 Å². The number of aliphatic carboxylic acids is 2. The molecule has 0 radical (unpaired) electrons. The van der Waals surface area contributed by atoms with Gasteiger partial charge in [-0.1, -0.05) is 84.9 Å². The molecule has 7 N–H and O–H groups in total. The number of hydrogen-bond donors (Lipinski definition) is 7. The van der Waals surface area contributed by atoms with E-state index in [1.807, 2.05) is 78.8 Å². The van der Waals surface area contributed by atoms with Gasteiger partial charge in [-0.3, -0.25) is 43.3 Å². The minimum Gasteiger partial charge on any atom is -0.481 e. The topological polar surface area (TPSA) is 261 Å². The van der Waals surface area contributed by atoms with Crippen molar-refractivity contribution >= 4 is 53.3 Å². The fourth-order valence-corrected chi connectivity index (χ4v) is 6.82. The Labute approximate surface area is 357 Å². The molecule has 0 spiro atoms. The highest BCUT2D eigenvalue weighted by molar-refractivity contribution is 6.12. The first-order valence-corrected chi connectivity index (χ1v) is 20.2. The van der Waals surface area contributed by atoms with E-state index in [1.165, 1.54) is 11.8 Å². The summed E-state index contributed by atoms with van der Waals surface area (Å²) in [7, 11) is 3.24. The van der Waals surface area contributed by atoms with E-state index in [0.29, 0.717) is 0 Å². The molecule has 0 saturated heterocycles.